The number of aryl methyl sites for hydroxylation is 1. The average Bonchev–Trinajstić information content (AvgIpc) is 2.89. The van der Waals surface area contributed by atoms with Crippen LogP contribution in [-0.2, 0) is 31.5 Å². The molecule has 3 rings (SSSR count). The predicted octanol–water partition coefficient (Wildman–Crippen LogP) is 5.48. The largest absolute Gasteiger partial charge is 0.379 e. The van der Waals surface area contributed by atoms with E-state index in [2.05, 4.69) is 10.6 Å². The van der Waals surface area contributed by atoms with Crippen LogP contribution in [-0.4, -0.2) is 39.0 Å². The van der Waals surface area contributed by atoms with Crippen molar-refractivity contribution in [2.75, 3.05) is 12.4 Å². The number of benzene rings is 3. The number of anilines is 1. The molecule has 2 amide bonds. The minimum Gasteiger partial charge on any atom is -0.379 e. The minimum atomic E-state index is -3.49. The Morgan fingerprint density at radius 1 is 0.895 bits per heavy atom. The number of ether oxygens (including phenoxy) is 1. The van der Waals surface area contributed by atoms with E-state index < -0.39 is 27.5 Å². The first-order chi connectivity index (χ1) is 18.0. The lowest BCUT2D eigenvalue weighted by Gasteiger charge is -2.24. The smallest absolute Gasteiger partial charge is 0.319 e. The maximum absolute atomic E-state index is 13.1. The minimum absolute atomic E-state index is 0.0780. The van der Waals surface area contributed by atoms with Gasteiger partial charge in [0.15, 0.2) is 15.6 Å². The van der Waals surface area contributed by atoms with Crippen LogP contribution >= 0.6 is 0 Å². The molecule has 2 N–H and O–H groups in total. The van der Waals surface area contributed by atoms with E-state index in [9.17, 15) is 18.0 Å². The second-order valence-corrected chi connectivity index (χ2v) is 12.0. The third-order valence-corrected chi connectivity index (χ3v) is 8.16. The lowest BCUT2D eigenvalue weighted by atomic mass is 9.95. The van der Waals surface area contributed by atoms with Gasteiger partial charge in [-0.1, -0.05) is 60.2 Å². The first-order valence-corrected chi connectivity index (χ1v) is 14.2. The zero-order valence-electron chi connectivity index (χ0n) is 22.4. The average molecular weight is 537 g/mol. The number of rotatable bonds is 12. The molecule has 0 aliphatic carbocycles. The fourth-order valence-electron chi connectivity index (χ4n) is 3.85. The van der Waals surface area contributed by atoms with E-state index in [1.807, 2.05) is 51.1 Å². The molecular formula is C30H36N2O5S. The van der Waals surface area contributed by atoms with E-state index in [1.165, 1.54) is 0 Å². The quantitative estimate of drug-likeness (QED) is 0.319. The number of methoxy groups -OCH3 is 1. The number of carbonyl (C=O) groups excluding carboxylic acids is 2. The van der Waals surface area contributed by atoms with Crippen molar-refractivity contribution in [3.63, 3.8) is 0 Å². The Kier molecular flexibility index (Phi) is 9.83. The van der Waals surface area contributed by atoms with E-state index >= 15 is 0 Å². The van der Waals surface area contributed by atoms with Gasteiger partial charge in [0.2, 0.25) is 0 Å². The molecule has 3 aromatic rings. The Bertz CT molecular complexity index is 1320. The van der Waals surface area contributed by atoms with Gasteiger partial charge < -0.3 is 15.4 Å². The molecule has 7 nitrogen and oxygen atoms in total. The number of Topliss-reactive ketones (excluding diaryl/α,β-unsaturated/α-hetero) is 1. The number of hydrogen-bond donors (Lipinski definition) is 2. The van der Waals surface area contributed by atoms with Gasteiger partial charge in [-0.05, 0) is 69.0 Å². The van der Waals surface area contributed by atoms with Gasteiger partial charge in [-0.15, -0.1) is 0 Å². The summed E-state index contributed by atoms with van der Waals surface area (Å²) in [5.74, 6) is -0.223. The van der Waals surface area contributed by atoms with Crippen LogP contribution < -0.4 is 10.6 Å². The molecule has 0 bridgehead atoms. The molecule has 0 spiro atoms. The third-order valence-electron chi connectivity index (χ3n) is 6.45. The number of nitrogens with one attached hydrogen (secondary N) is 2. The monoisotopic (exact) mass is 536 g/mol. The second kappa shape index (κ2) is 12.8. The molecule has 0 aliphatic heterocycles. The van der Waals surface area contributed by atoms with E-state index in [0.717, 1.165) is 11.1 Å². The highest BCUT2D eigenvalue weighted by atomic mass is 32.2. The lowest BCUT2D eigenvalue weighted by molar-refractivity contribution is -0.122. The summed E-state index contributed by atoms with van der Waals surface area (Å²) in [5, 5.41) is 5.56. The third kappa shape index (κ3) is 8.82. The Hall–Kier alpha value is -3.49. The standard InChI is InChI=1S/C30H36N2O5S/c1-22-10-16-26(17-11-22)38(35,36)21-24-12-14-25(15-13-24)31-29(34)32-27(20-23-8-6-5-7-9-23)28(33)18-19-30(2,3)37-4/h5-17,27H,18-21H2,1-4H3,(H2,31,32,34)/t27-/m1/s1. The van der Waals surface area contributed by atoms with Crippen LogP contribution in [0, 0.1) is 6.92 Å². The van der Waals surface area contributed by atoms with Gasteiger partial charge >= 0.3 is 6.03 Å². The van der Waals surface area contributed by atoms with E-state index in [1.54, 1.807) is 55.6 Å². The summed E-state index contributed by atoms with van der Waals surface area (Å²) in [6.45, 7) is 5.74. The highest BCUT2D eigenvalue weighted by Gasteiger charge is 2.25. The van der Waals surface area contributed by atoms with Crippen molar-refractivity contribution in [3.8, 4) is 0 Å². The molecular weight excluding hydrogens is 500 g/mol. The van der Waals surface area contributed by atoms with Crippen molar-refractivity contribution in [1.29, 1.82) is 0 Å². The Morgan fingerprint density at radius 2 is 1.53 bits per heavy atom. The molecule has 1 atom stereocenters. The van der Waals surface area contributed by atoms with Crippen LogP contribution in [0.4, 0.5) is 10.5 Å². The van der Waals surface area contributed by atoms with Gasteiger partial charge in [-0.2, -0.15) is 0 Å². The van der Waals surface area contributed by atoms with Crippen molar-refractivity contribution < 1.29 is 22.7 Å². The molecule has 3 aromatic carbocycles. The molecule has 0 unspecified atom stereocenters. The summed E-state index contributed by atoms with van der Waals surface area (Å²) in [7, 11) is -1.87. The van der Waals surface area contributed by atoms with Crippen molar-refractivity contribution in [1.82, 2.24) is 5.32 Å². The number of sulfone groups is 1. The van der Waals surface area contributed by atoms with Gasteiger partial charge in [0.1, 0.15) is 0 Å². The summed E-state index contributed by atoms with van der Waals surface area (Å²) >= 11 is 0. The topological polar surface area (TPSA) is 102 Å². The Morgan fingerprint density at radius 3 is 2.13 bits per heavy atom. The van der Waals surface area contributed by atoms with Crippen LogP contribution in [0.5, 0.6) is 0 Å². The number of ketones is 1. The van der Waals surface area contributed by atoms with Gasteiger partial charge in [0, 0.05) is 19.2 Å². The maximum atomic E-state index is 13.1. The van der Waals surface area contributed by atoms with Crippen LogP contribution in [0.2, 0.25) is 0 Å². The zero-order valence-corrected chi connectivity index (χ0v) is 23.2. The number of hydrogen-bond acceptors (Lipinski definition) is 5. The summed E-state index contributed by atoms with van der Waals surface area (Å²) in [6, 6.07) is 21.7. The molecule has 0 aromatic heterocycles. The zero-order chi connectivity index (χ0) is 27.8. The van der Waals surface area contributed by atoms with E-state index in [0.29, 0.717) is 24.1 Å². The predicted molar refractivity (Wildman–Crippen MR) is 150 cm³/mol. The lowest BCUT2D eigenvalue weighted by Crippen LogP contribution is -2.44. The molecule has 0 saturated carbocycles. The number of carbonyl (C=O) groups is 2. The normalized spacial score (nSPS) is 12.5. The number of amides is 2. The molecule has 38 heavy (non-hydrogen) atoms. The van der Waals surface area contributed by atoms with Gasteiger partial charge in [0.25, 0.3) is 0 Å². The van der Waals surface area contributed by atoms with Crippen LogP contribution in [0.15, 0.2) is 83.8 Å². The molecule has 0 radical (unpaired) electrons. The Balaban J connectivity index is 1.64. The molecule has 202 valence electrons. The maximum Gasteiger partial charge on any atom is 0.319 e. The first kappa shape index (κ1) is 29.1. The van der Waals surface area contributed by atoms with Gasteiger partial charge in [-0.3, -0.25) is 4.79 Å². The van der Waals surface area contributed by atoms with Crippen LogP contribution in [0.25, 0.3) is 0 Å². The van der Waals surface area contributed by atoms with Crippen LogP contribution in [0.1, 0.15) is 43.4 Å². The summed E-state index contributed by atoms with van der Waals surface area (Å²) in [6.07, 6.45) is 1.17. The molecule has 0 saturated heterocycles. The fourth-order valence-corrected chi connectivity index (χ4v) is 5.20. The highest BCUT2D eigenvalue weighted by molar-refractivity contribution is 7.90. The second-order valence-electron chi connectivity index (χ2n) is 10.0. The molecule has 0 heterocycles. The first-order valence-electron chi connectivity index (χ1n) is 12.5. The van der Waals surface area contributed by atoms with Crippen LogP contribution in [0.3, 0.4) is 0 Å². The summed E-state index contributed by atoms with van der Waals surface area (Å²) in [5.41, 5.74) is 2.59. The summed E-state index contributed by atoms with van der Waals surface area (Å²) < 4.78 is 30.9. The molecule has 8 heteroatoms. The van der Waals surface area contributed by atoms with Gasteiger partial charge in [-0.25, -0.2) is 13.2 Å². The molecule has 0 aliphatic rings. The van der Waals surface area contributed by atoms with Crippen molar-refractivity contribution in [3.05, 3.63) is 95.6 Å². The van der Waals surface area contributed by atoms with Crippen molar-refractivity contribution in [2.45, 2.75) is 62.3 Å². The molecule has 0 fully saturated rings. The van der Waals surface area contributed by atoms with E-state index in [-0.39, 0.29) is 22.9 Å². The van der Waals surface area contributed by atoms with E-state index in [4.69, 9.17) is 4.74 Å². The number of urea groups is 1. The van der Waals surface area contributed by atoms with Crippen molar-refractivity contribution in [2.24, 2.45) is 0 Å². The van der Waals surface area contributed by atoms with Crippen molar-refractivity contribution >= 4 is 27.3 Å². The Labute approximate surface area is 225 Å². The SMILES string of the molecule is COC(C)(C)CCC(=O)[C@@H](Cc1ccccc1)NC(=O)Nc1ccc(CS(=O)(=O)c2ccc(C)cc2)cc1. The highest BCUT2D eigenvalue weighted by Crippen LogP contribution is 2.20. The van der Waals surface area contributed by atoms with Gasteiger partial charge in [0.05, 0.1) is 22.3 Å². The summed E-state index contributed by atoms with van der Waals surface area (Å²) in [4.78, 5) is 26.1. The fraction of sp³-hybridized carbons (Fsp3) is 0.333.